The van der Waals surface area contributed by atoms with Crippen molar-refractivity contribution in [1.82, 2.24) is 5.16 Å². The fraction of sp³-hybridized carbons (Fsp3) is 0.231. The lowest BCUT2D eigenvalue weighted by molar-refractivity contribution is 0.111. The lowest BCUT2D eigenvalue weighted by Gasteiger charge is -2.10. The maximum absolute atomic E-state index is 11.0. The molecule has 0 N–H and O–H groups in total. The Morgan fingerprint density at radius 2 is 2.11 bits per heavy atom. The molecule has 0 saturated carbocycles. The van der Waals surface area contributed by atoms with E-state index in [0.717, 1.165) is 11.3 Å². The number of halogens is 2. The number of aryl methyl sites for hydroxylation is 2. The Bertz CT molecular complexity index is 603. The van der Waals surface area contributed by atoms with Crippen LogP contribution >= 0.6 is 23.2 Å². The number of hydrogen-bond acceptors (Lipinski definition) is 4. The number of benzene rings is 1. The first-order valence-corrected chi connectivity index (χ1v) is 6.27. The van der Waals surface area contributed by atoms with Gasteiger partial charge >= 0.3 is 0 Å². The van der Waals surface area contributed by atoms with E-state index < -0.39 is 0 Å². The van der Waals surface area contributed by atoms with Crippen molar-refractivity contribution in [2.24, 2.45) is 0 Å². The summed E-state index contributed by atoms with van der Waals surface area (Å²) in [5.41, 5.74) is 1.89. The van der Waals surface area contributed by atoms with Crippen molar-refractivity contribution in [3.63, 3.8) is 0 Å². The molecule has 0 aliphatic rings. The maximum atomic E-state index is 11.0. The fourth-order valence-corrected chi connectivity index (χ4v) is 2.24. The summed E-state index contributed by atoms with van der Waals surface area (Å²) < 4.78 is 10.6. The van der Waals surface area contributed by atoms with Crippen molar-refractivity contribution in [1.29, 1.82) is 0 Å². The quantitative estimate of drug-likeness (QED) is 0.801. The normalized spacial score (nSPS) is 10.5. The van der Waals surface area contributed by atoms with Gasteiger partial charge < -0.3 is 9.26 Å². The minimum absolute atomic E-state index is 0.226. The highest BCUT2D eigenvalue weighted by Crippen LogP contribution is 2.32. The average Bonchev–Trinajstić information content (AvgIpc) is 2.67. The largest absolute Gasteiger partial charge is 0.486 e. The molecule has 2 aromatic rings. The maximum Gasteiger partial charge on any atom is 0.153 e. The molecule has 1 aromatic carbocycles. The van der Waals surface area contributed by atoms with Gasteiger partial charge in [0.05, 0.1) is 21.8 Å². The van der Waals surface area contributed by atoms with Gasteiger partial charge in [0.15, 0.2) is 6.29 Å². The summed E-state index contributed by atoms with van der Waals surface area (Å²) in [5, 5.41) is 4.51. The van der Waals surface area contributed by atoms with Crippen LogP contribution in [0.15, 0.2) is 16.7 Å². The lowest BCUT2D eigenvalue weighted by atomic mass is 10.2. The van der Waals surface area contributed by atoms with Crippen molar-refractivity contribution in [2.45, 2.75) is 20.5 Å². The number of hydrogen-bond donors (Lipinski definition) is 0. The SMILES string of the molecule is Cc1noc(C)c1COc1c(Cl)cc(Cl)cc1C=O. The highest BCUT2D eigenvalue weighted by Gasteiger charge is 2.14. The molecule has 0 unspecified atom stereocenters. The van der Waals surface area contributed by atoms with Gasteiger partial charge in [-0.3, -0.25) is 4.79 Å². The highest BCUT2D eigenvalue weighted by atomic mass is 35.5. The minimum atomic E-state index is 0.226. The number of carbonyl (C=O) groups excluding carboxylic acids is 1. The van der Waals surface area contributed by atoms with Gasteiger partial charge in [0, 0.05) is 5.02 Å². The smallest absolute Gasteiger partial charge is 0.153 e. The summed E-state index contributed by atoms with van der Waals surface area (Å²) in [6.07, 6.45) is 0.653. The van der Waals surface area contributed by atoms with Gasteiger partial charge in [-0.15, -0.1) is 0 Å². The van der Waals surface area contributed by atoms with Crippen molar-refractivity contribution in [2.75, 3.05) is 0 Å². The molecule has 0 fully saturated rings. The molecule has 0 bridgehead atoms. The van der Waals surface area contributed by atoms with Gasteiger partial charge in [-0.2, -0.15) is 0 Å². The van der Waals surface area contributed by atoms with Gasteiger partial charge in [0.2, 0.25) is 0 Å². The van der Waals surface area contributed by atoms with E-state index in [1.807, 2.05) is 6.92 Å². The Labute approximate surface area is 120 Å². The zero-order valence-corrected chi connectivity index (χ0v) is 11.9. The summed E-state index contributed by atoms with van der Waals surface area (Å²) in [6, 6.07) is 3.03. The van der Waals surface area contributed by atoms with Crippen molar-refractivity contribution >= 4 is 29.5 Å². The summed E-state index contributed by atoms with van der Waals surface area (Å²) in [6.45, 7) is 3.84. The summed E-state index contributed by atoms with van der Waals surface area (Å²) >= 11 is 11.9. The zero-order chi connectivity index (χ0) is 14.0. The van der Waals surface area contributed by atoms with Gasteiger partial charge in [-0.05, 0) is 26.0 Å². The van der Waals surface area contributed by atoms with Crippen LogP contribution in [0.5, 0.6) is 5.75 Å². The molecule has 100 valence electrons. The molecule has 0 aliphatic carbocycles. The number of nitrogens with zero attached hydrogens (tertiary/aromatic N) is 1. The van der Waals surface area contributed by atoms with Crippen LogP contribution in [-0.2, 0) is 6.61 Å². The first-order valence-electron chi connectivity index (χ1n) is 5.51. The van der Waals surface area contributed by atoms with Gasteiger partial charge in [0.1, 0.15) is 18.1 Å². The van der Waals surface area contributed by atoms with Gasteiger partial charge in [-0.1, -0.05) is 28.4 Å². The van der Waals surface area contributed by atoms with E-state index in [0.29, 0.717) is 33.4 Å². The Morgan fingerprint density at radius 3 is 2.68 bits per heavy atom. The molecule has 0 spiro atoms. The Balaban J connectivity index is 2.27. The number of aldehydes is 1. The van der Waals surface area contributed by atoms with Crippen LogP contribution < -0.4 is 4.74 Å². The van der Waals surface area contributed by atoms with E-state index in [4.69, 9.17) is 32.5 Å². The summed E-state index contributed by atoms with van der Waals surface area (Å²) in [4.78, 5) is 11.0. The molecule has 4 nitrogen and oxygen atoms in total. The molecule has 2 rings (SSSR count). The first kappa shape index (κ1) is 13.9. The van der Waals surface area contributed by atoms with Gasteiger partial charge in [0.25, 0.3) is 0 Å². The van der Waals surface area contributed by atoms with Crippen LogP contribution in [0.4, 0.5) is 0 Å². The predicted molar refractivity (Wildman–Crippen MR) is 72.2 cm³/mol. The predicted octanol–water partition coefficient (Wildman–Crippen LogP) is 3.99. The van der Waals surface area contributed by atoms with E-state index in [2.05, 4.69) is 5.16 Å². The standard InChI is InChI=1S/C13H11Cl2NO3/c1-7-11(8(2)19-16-7)6-18-13-9(5-17)3-10(14)4-12(13)15/h3-5H,6H2,1-2H3. The van der Waals surface area contributed by atoms with E-state index in [-0.39, 0.29) is 6.61 Å². The molecule has 1 aromatic heterocycles. The number of carbonyl (C=O) groups is 1. The van der Waals surface area contributed by atoms with Crippen LogP contribution in [-0.4, -0.2) is 11.4 Å². The molecule has 0 atom stereocenters. The average molecular weight is 300 g/mol. The van der Waals surface area contributed by atoms with Crippen LogP contribution in [0.2, 0.25) is 10.0 Å². The van der Waals surface area contributed by atoms with Crippen molar-refractivity contribution in [3.8, 4) is 5.75 Å². The zero-order valence-electron chi connectivity index (χ0n) is 10.4. The molecule has 6 heteroatoms. The second kappa shape index (κ2) is 5.63. The summed E-state index contributed by atoms with van der Waals surface area (Å²) in [5.74, 6) is 0.983. The molecular formula is C13H11Cl2NO3. The lowest BCUT2D eigenvalue weighted by Crippen LogP contribution is -2.01. The second-order valence-electron chi connectivity index (χ2n) is 4.02. The molecule has 1 heterocycles. The van der Waals surface area contributed by atoms with Crippen LogP contribution in [0.25, 0.3) is 0 Å². The molecule has 0 amide bonds. The topological polar surface area (TPSA) is 52.3 Å². The summed E-state index contributed by atoms with van der Waals surface area (Å²) in [7, 11) is 0. The Kier molecular flexibility index (Phi) is 4.12. The third kappa shape index (κ3) is 2.91. The fourth-order valence-electron chi connectivity index (χ4n) is 1.67. The Morgan fingerprint density at radius 1 is 1.37 bits per heavy atom. The minimum Gasteiger partial charge on any atom is -0.486 e. The highest BCUT2D eigenvalue weighted by molar-refractivity contribution is 6.36. The first-order chi connectivity index (χ1) is 9.02. The van der Waals surface area contributed by atoms with Crippen LogP contribution in [0.3, 0.4) is 0 Å². The molecule has 0 radical (unpaired) electrons. The Hall–Kier alpha value is -1.52. The van der Waals surface area contributed by atoms with Crippen LogP contribution in [0, 0.1) is 13.8 Å². The number of aromatic nitrogens is 1. The third-order valence-electron chi connectivity index (χ3n) is 2.71. The van der Waals surface area contributed by atoms with E-state index in [1.54, 1.807) is 6.92 Å². The van der Waals surface area contributed by atoms with Crippen LogP contribution in [0.1, 0.15) is 27.4 Å². The van der Waals surface area contributed by atoms with Crippen molar-refractivity contribution in [3.05, 3.63) is 44.8 Å². The number of rotatable bonds is 4. The molecule has 19 heavy (non-hydrogen) atoms. The monoisotopic (exact) mass is 299 g/mol. The molecular weight excluding hydrogens is 289 g/mol. The second-order valence-corrected chi connectivity index (χ2v) is 4.86. The van der Waals surface area contributed by atoms with Crippen molar-refractivity contribution < 1.29 is 14.1 Å². The van der Waals surface area contributed by atoms with Gasteiger partial charge in [-0.25, -0.2) is 0 Å². The van der Waals surface area contributed by atoms with E-state index >= 15 is 0 Å². The third-order valence-corrected chi connectivity index (χ3v) is 3.21. The van der Waals surface area contributed by atoms with E-state index in [9.17, 15) is 4.79 Å². The molecule has 0 aliphatic heterocycles. The molecule has 0 saturated heterocycles. The van der Waals surface area contributed by atoms with E-state index in [1.165, 1.54) is 12.1 Å². The number of ether oxygens (including phenoxy) is 1.